The molecular weight excluding hydrogens is 430 g/mol. The minimum Gasteiger partial charge on any atom is -0.392 e. The van der Waals surface area contributed by atoms with Gasteiger partial charge >= 0.3 is 11.8 Å². The molecule has 0 N–H and O–H groups in total. The first-order valence-corrected chi connectivity index (χ1v) is 10.9. The molecule has 0 aliphatic rings. The number of carbonyl (C=O) groups excluding carboxylic acids is 1. The number of ether oxygens (including phenoxy) is 1. The summed E-state index contributed by atoms with van der Waals surface area (Å²) in [7, 11) is 3.09. The van der Waals surface area contributed by atoms with Gasteiger partial charge in [0.2, 0.25) is 5.88 Å². The number of rotatable bonds is 6. The van der Waals surface area contributed by atoms with Crippen molar-refractivity contribution in [1.29, 1.82) is 0 Å². The highest BCUT2D eigenvalue weighted by Crippen LogP contribution is 2.20. The molecule has 0 aliphatic heterocycles. The molecule has 0 saturated heterocycles. The molecule has 0 fully saturated rings. The van der Waals surface area contributed by atoms with Crippen LogP contribution in [0.5, 0.6) is 5.88 Å². The quantitative estimate of drug-likeness (QED) is 0.444. The topological polar surface area (TPSA) is 73.5 Å². The minimum absolute atomic E-state index is 0.0476. The van der Waals surface area contributed by atoms with Gasteiger partial charge in [-0.1, -0.05) is 78.9 Å². The molecule has 7 heteroatoms. The lowest BCUT2D eigenvalue weighted by Crippen LogP contribution is -2.42. The third kappa shape index (κ3) is 4.83. The molecule has 34 heavy (non-hydrogen) atoms. The van der Waals surface area contributed by atoms with E-state index < -0.39 is 17.3 Å². The molecule has 0 aliphatic carbocycles. The van der Waals surface area contributed by atoms with Gasteiger partial charge < -0.3 is 9.64 Å². The molecule has 1 aromatic heterocycles. The molecule has 3 aromatic carbocycles. The van der Waals surface area contributed by atoms with Gasteiger partial charge in [-0.2, -0.15) is 0 Å². The molecule has 0 spiro atoms. The number of nitrogens with zero attached hydrogens (tertiary/aromatic N) is 3. The molecule has 0 bridgehead atoms. The van der Waals surface area contributed by atoms with Gasteiger partial charge in [-0.05, 0) is 23.3 Å². The van der Waals surface area contributed by atoms with Crippen LogP contribution in [0.25, 0.3) is 5.69 Å². The van der Waals surface area contributed by atoms with E-state index in [2.05, 4.69) is 0 Å². The maximum atomic E-state index is 13.7. The zero-order valence-electron chi connectivity index (χ0n) is 19.0. The molecular formula is C27H25N3O4. The van der Waals surface area contributed by atoms with Gasteiger partial charge in [-0.3, -0.25) is 9.36 Å². The highest BCUT2D eigenvalue weighted by atomic mass is 16.6. The van der Waals surface area contributed by atoms with Crippen LogP contribution in [0.15, 0.2) is 101 Å². The van der Waals surface area contributed by atoms with Crippen LogP contribution in [-0.4, -0.2) is 34.2 Å². The first kappa shape index (κ1) is 22.8. The molecule has 0 atom stereocenters. The largest absolute Gasteiger partial charge is 0.415 e. The number of hydrogen-bond acceptors (Lipinski definition) is 4. The van der Waals surface area contributed by atoms with Crippen molar-refractivity contribution in [2.24, 2.45) is 0 Å². The minimum atomic E-state index is -0.674. The monoisotopic (exact) mass is 455 g/mol. The fourth-order valence-electron chi connectivity index (χ4n) is 3.64. The van der Waals surface area contributed by atoms with E-state index in [0.29, 0.717) is 5.69 Å². The Kier molecular flexibility index (Phi) is 6.73. The van der Waals surface area contributed by atoms with Crippen LogP contribution in [0, 0.1) is 0 Å². The third-order valence-electron chi connectivity index (χ3n) is 5.36. The van der Waals surface area contributed by atoms with E-state index in [0.717, 1.165) is 15.7 Å². The predicted molar refractivity (Wildman–Crippen MR) is 131 cm³/mol. The van der Waals surface area contributed by atoms with Crippen molar-refractivity contribution in [1.82, 2.24) is 14.0 Å². The van der Waals surface area contributed by atoms with Crippen molar-refractivity contribution >= 4 is 6.09 Å². The van der Waals surface area contributed by atoms with Gasteiger partial charge in [-0.15, -0.1) is 0 Å². The molecule has 0 saturated carbocycles. The Labute approximate surface area is 197 Å². The van der Waals surface area contributed by atoms with Crippen molar-refractivity contribution in [2.45, 2.75) is 13.0 Å². The lowest BCUT2D eigenvalue weighted by atomic mass is 10.1. The molecule has 0 unspecified atom stereocenters. The molecule has 7 nitrogen and oxygen atoms in total. The van der Waals surface area contributed by atoms with Crippen LogP contribution in [-0.2, 0) is 13.0 Å². The number of hydrogen-bond donors (Lipinski definition) is 0. The first-order chi connectivity index (χ1) is 16.5. The lowest BCUT2D eigenvalue weighted by Gasteiger charge is -2.20. The number of carbonyl (C=O) groups is 1. The van der Waals surface area contributed by atoms with Gasteiger partial charge in [-0.25, -0.2) is 14.2 Å². The summed E-state index contributed by atoms with van der Waals surface area (Å²) in [6.45, 7) is 0.130. The van der Waals surface area contributed by atoms with E-state index >= 15 is 0 Å². The second-order valence-corrected chi connectivity index (χ2v) is 8.04. The van der Waals surface area contributed by atoms with E-state index in [1.54, 1.807) is 38.4 Å². The van der Waals surface area contributed by atoms with Crippen molar-refractivity contribution in [2.75, 3.05) is 14.1 Å². The van der Waals surface area contributed by atoms with Gasteiger partial charge in [0.25, 0.3) is 5.56 Å². The molecule has 4 aromatic rings. The Bertz CT molecular complexity index is 1320. The van der Waals surface area contributed by atoms with Gasteiger partial charge in [0, 0.05) is 20.5 Å². The second kappa shape index (κ2) is 10.0. The van der Waals surface area contributed by atoms with Crippen LogP contribution in [0.4, 0.5) is 4.79 Å². The highest BCUT2D eigenvalue weighted by molar-refractivity contribution is 5.70. The number of benzene rings is 3. The highest BCUT2D eigenvalue weighted by Gasteiger charge is 2.24. The van der Waals surface area contributed by atoms with Crippen LogP contribution >= 0.6 is 0 Å². The third-order valence-corrected chi connectivity index (χ3v) is 5.36. The standard InChI is InChI=1S/C27H25N3O4/c1-28(2)27(33)34-25-23(18-20-12-6-3-7-13-20)24(31)30(22-16-10-5-11-17-22)26(32)29(25)19-21-14-8-4-9-15-21/h3-17H,18-19H2,1-2H3. The van der Waals surface area contributed by atoms with Crippen LogP contribution < -0.4 is 16.0 Å². The summed E-state index contributed by atoms with van der Waals surface area (Å²) in [5.74, 6) is -0.0476. The Balaban J connectivity index is 2.01. The van der Waals surface area contributed by atoms with Gasteiger partial charge in [0.05, 0.1) is 17.8 Å². The summed E-state index contributed by atoms with van der Waals surface area (Å²) in [6.07, 6.45) is -0.482. The average Bonchev–Trinajstić information content (AvgIpc) is 2.86. The molecule has 4 rings (SSSR count). The number of para-hydroxylation sites is 1. The summed E-state index contributed by atoms with van der Waals surface area (Å²) < 4.78 is 8.16. The molecule has 0 radical (unpaired) electrons. The van der Waals surface area contributed by atoms with E-state index in [4.69, 9.17) is 4.74 Å². The van der Waals surface area contributed by atoms with E-state index in [1.165, 1.54) is 9.47 Å². The fourth-order valence-corrected chi connectivity index (χ4v) is 3.64. The normalized spacial score (nSPS) is 10.6. The number of amides is 1. The fraction of sp³-hybridized carbons (Fsp3) is 0.148. The summed E-state index contributed by atoms with van der Waals surface area (Å²) >= 11 is 0. The smallest absolute Gasteiger partial charge is 0.392 e. The Hall–Kier alpha value is -4.39. The van der Waals surface area contributed by atoms with Crippen LogP contribution in [0.3, 0.4) is 0 Å². The molecule has 1 amide bonds. The summed E-state index contributed by atoms with van der Waals surface area (Å²) in [6, 6.07) is 27.5. The van der Waals surface area contributed by atoms with Crippen LogP contribution in [0.2, 0.25) is 0 Å². The predicted octanol–water partition coefficient (Wildman–Crippen LogP) is 3.70. The summed E-state index contributed by atoms with van der Waals surface area (Å²) in [5, 5.41) is 0. The first-order valence-electron chi connectivity index (χ1n) is 10.9. The van der Waals surface area contributed by atoms with E-state index in [9.17, 15) is 14.4 Å². The lowest BCUT2D eigenvalue weighted by molar-refractivity contribution is 0.166. The van der Waals surface area contributed by atoms with Crippen molar-refractivity contribution in [3.63, 3.8) is 0 Å². The van der Waals surface area contributed by atoms with E-state index in [1.807, 2.05) is 66.7 Å². The average molecular weight is 456 g/mol. The van der Waals surface area contributed by atoms with Crippen LogP contribution in [0.1, 0.15) is 16.7 Å². The number of aromatic nitrogens is 2. The SMILES string of the molecule is CN(C)C(=O)Oc1c(Cc2ccccc2)c(=O)n(-c2ccccc2)c(=O)n1Cc1ccccc1. The van der Waals surface area contributed by atoms with Gasteiger partial charge in [0.1, 0.15) is 0 Å². The van der Waals surface area contributed by atoms with E-state index in [-0.39, 0.29) is 24.4 Å². The Morgan fingerprint density at radius 2 is 1.32 bits per heavy atom. The maximum absolute atomic E-state index is 13.7. The molecule has 172 valence electrons. The van der Waals surface area contributed by atoms with Gasteiger partial charge in [0.15, 0.2) is 0 Å². The van der Waals surface area contributed by atoms with Crippen molar-refractivity contribution in [3.8, 4) is 11.6 Å². The zero-order valence-corrected chi connectivity index (χ0v) is 19.0. The maximum Gasteiger partial charge on any atom is 0.415 e. The van der Waals surface area contributed by atoms with Crippen molar-refractivity contribution in [3.05, 3.63) is 129 Å². The Morgan fingerprint density at radius 1 is 0.794 bits per heavy atom. The Morgan fingerprint density at radius 3 is 1.88 bits per heavy atom. The zero-order chi connectivity index (χ0) is 24.1. The van der Waals surface area contributed by atoms with Crippen molar-refractivity contribution < 1.29 is 9.53 Å². The second-order valence-electron chi connectivity index (χ2n) is 8.04. The molecule has 1 heterocycles. The summed E-state index contributed by atoms with van der Waals surface area (Å²) in [4.78, 5) is 41.2. The summed E-state index contributed by atoms with van der Waals surface area (Å²) in [5.41, 5.74) is 1.24.